The van der Waals surface area contributed by atoms with E-state index in [4.69, 9.17) is 21.1 Å². The number of alkyl halides is 2. The van der Waals surface area contributed by atoms with E-state index in [1.54, 1.807) is 0 Å². The Hall–Kier alpha value is -0.450. The summed E-state index contributed by atoms with van der Waals surface area (Å²) in [4.78, 5) is 0. The van der Waals surface area contributed by atoms with E-state index in [1.807, 2.05) is 30.3 Å². The average Bonchev–Trinajstić information content (AvgIpc) is 2.44. The van der Waals surface area contributed by atoms with Gasteiger partial charge in [0, 0.05) is 27.5 Å². The SMILES string of the molecule is Clc1cc(OCCBr)c2ccccc2c1OCCBr. The number of halogens is 3. The van der Waals surface area contributed by atoms with E-state index in [0.717, 1.165) is 27.2 Å². The first-order chi connectivity index (χ1) is 9.27. The van der Waals surface area contributed by atoms with Gasteiger partial charge in [0.05, 0.1) is 18.2 Å². The third-order valence-corrected chi connectivity index (χ3v) is 3.50. The van der Waals surface area contributed by atoms with Crippen LogP contribution in [0.1, 0.15) is 0 Å². The fourth-order valence-electron chi connectivity index (χ4n) is 1.84. The molecule has 0 fully saturated rings. The van der Waals surface area contributed by atoms with Gasteiger partial charge >= 0.3 is 0 Å². The Morgan fingerprint density at radius 1 is 0.947 bits per heavy atom. The lowest BCUT2D eigenvalue weighted by atomic mass is 10.1. The van der Waals surface area contributed by atoms with Crippen molar-refractivity contribution < 1.29 is 9.47 Å². The molecule has 0 aliphatic heterocycles. The van der Waals surface area contributed by atoms with Gasteiger partial charge in [-0.15, -0.1) is 0 Å². The van der Waals surface area contributed by atoms with Gasteiger partial charge in [-0.2, -0.15) is 0 Å². The summed E-state index contributed by atoms with van der Waals surface area (Å²) in [6.45, 7) is 1.17. The standard InChI is InChI=1S/C14H13Br2ClO2/c15-5-7-18-13-9-12(17)14(19-8-6-16)11-4-2-1-3-10(11)13/h1-4,9H,5-8H2. The number of hydrogen-bond acceptors (Lipinski definition) is 2. The van der Waals surface area contributed by atoms with Crippen molar-refractivity contribution in [3.63, 3.8) is 0 Å². The molecule has 2 nitrogen and oxygen atoms in total. The highest BCUT2D eigenvalue weighted by molar-refractivity contribution is 9.09. The zero-order chi connectivity index (χ0) is 13.7. The molecule has 0 aromatic heterocycles. The molecule has 0 aliphatic carbocycles. The minimum atomic E-state index is 0.573. The molecule has 0 spiro atoms. The minimum Gasteiger partial charge on any atom is -0.492 e. The molecule has 0 amide bonds. The second-order valence-corrected chi connectivity index (χ2v) is 5.80. The summed E-state index contributed by atoms with van der Waals surface area (Å²) >= 11 is 13.0. The Kier molecular flexibility index (Phi) is 5.79. The second-order valence-electron chi connectivity index (χ2n) is 3.81. The second kappa shape index (κ2) is 7.36. The molecule has 0 radical (unpaired) electrons. The van der Waals surface area contributed by atoms with E-state index < -0.39 is 0 Å². The van der Waals surface area contributed by atoms with Gasteiger partial charge in [-0.25, -0.2) is 0 Å². The Bertz CT molecular complexity index is 560. The van der Waals surface area contributed by atoms with Gasteiger partial charge in [-0.05, 0) is 0 Å². The molecule has 0 saturated heterocycles. The zero-order valence-corrected chi connectivity index (χ0v) is 14.1. The molecule has 0 unspecified atom stereocenters. The summed E-state index contributed by atoms with van der Waals surface area (Å²) in [6, 6.07) is 9.76. The van der Waals surface area contributed by atoms with Crippen LogP contribution in [-0.4, -0.2) is 23.9 Å². The molecular weight excluding hydrogens is 395 g/mol. The minimum absolute atomic E-state index is 0.573. The smallest absolute Gasteiger partial charge is 0.146 e. The predicted molar refractivity (Wildman–Crippen MR) is 87.5 cm³/mol. The van der Waals surface area contributed by atoms with E-state index >= 15 is 0 Å². The molecule has 102 valence electrons. The molecule has 2 rings (SSSR count). The van der Waals surface area contributed by atoms with E-state index in [9.17, 15) is 0 Å². The van der Waals surface area contributed by atoms with Crippen LogP contribution in [0.25, 0.3) is 10.8 Å². The molecule has 0 bridgehead atoms. The molecular formula is C14H13Br2ClO2. The normalized spacial score (nSPS) is 10.7. The van der Waals surface area contributed by atoms with Crippen LogP contribution >= 0.6 is 43.5 Å². The fraction of sp³-hybridized carbons (Fsp3) is 0.286. The summed E-state index contributed by atoms with van der Waals surface area (Å²) in [5, 5.41) is 4.10. The number of fused-ring (bicyclic) bond motifs is 1. The van der Waals surface area contributed by atoms with Crippen molar-refractivity contribution in [3.8, 4) is 11.5 Å². The number of hydrogen-bond donors (Lipinski definition) is 0. The Labute approximate surface area is 134 Å². The van der Waals surface area contributed by atoms with E-state index in [0.29, 0.717) is 24.0 Å². The van der Waals surface area contributed by atoms with Crippen LogP contribution in [0.2, 0.25) is 5.02 Å². The largest absolute Gasteiger partial charge is 0.492 e. The monoisotopic (exact) mass is 406 g/mol. The number of ether oxygens (including phenoxy) is 2. The van der Waals surface area contributed by atoms with Crippen LogP contribution in [0.15, 0.2) is 30.3 Å². The van der Waals surface area contributed by atoms with Crippen molar-refractivity contribution in [2.45, 2.75) is 0 Å². The van der Waals surface area contributed by atoms with E-state index in [-0.39, 0.29) is 0 Å². The Balaban J connectivity index is 2.49. The summed E-state index contributed by atoms with van der Waals surface area (Å²) < 4.78 is 11.4. The van der Waals surface area contributed by atoms with Gasteiger partial charge in [0.15, 0.2) is 0 Å². The van der Waals surface area contributed by atoms with Crippen LogP contribution in [0, 0.1) is 0 Å². The molecule has 0 saturated carbocycles. The van der Waals surface area contributed by atoms with Crippen LogP contribution in [-0.2, 0) is 0 Å². The van der Waals surface area contributed by atoms with Gasteiger partial charge in [-0.3, -0.25) is 0 Å². The molecule has 0 N–H and O–H groups in total. The Morgan fingerprint density at radius 2 is 1.58 bits per heavy atom. The van der Waals surface area contributed by atoms with Crippen molar-refractivity contribution in [3.05, 3.63) is 35.4 Å². The van der Waals surface area contributed by atoms with Gasteiger partial charge < -0.3 is 9.47 Å². The highest BCUT2D eigenvalue weighted by Crippen LogP contribution is 2.39. The van der Waals surface area contributed by atoms with Crippen LogP contribution in [0.4, 0.5) is 0 Å². The van der Waals surface area contributed by atoms with Crippen molar-refractivity contribution in [1.29, 1.82) is 0 Å². The van der Waals surface area contributed by atoms with E-state index in [1.165, 1.54) is 0 Å². The highest BCUT2D eigenvalue weighted by Gasteiger charge is 2.12. The maximum absolute atomic E-state index is 6.29. The van der Waals surface area contributed by atoms with Crippen molar-refractivity contribution in [2.24, 2.45) is 0 Å². The summed E-state index contributed by atoms with van der Waals surface area (Å²) in [5.41, 5.74) is 0. The van der Waals surface area contributed by atoms with Gasteiger partial charge in [-0.1, -0.05) is 67.7 Å². The van der Waals surface area contributed by atoms with Crippen LogP contribution in [0.5, 0.6) is 11.5 Å². The van der Waals surface area contributed by atoms with Crippen molar-refractivity contribution >= 4 is 54.2 Å². The topological polar surface area (TPSA) is 18.5 Å². The Morgan fingerprint density at radius 3 is 2.26 bits per heavy atom. The molecule has 2 aromatic carbocycles. The molecule has 5 heteroatoms. The first kappa shape index (κ1) is 14.9. The van der Waals surface area contributed by atoms with E-state index in [2.05, 4.69) is 31.9 Å². The third kappa shape index (κ3) is 3.56. The molecule has 0 atom stereocenters. The van der Waals surface area contributed by atoms with Gasteiger partial charge in [0.25, 0.3) is 0 Å². The predicted octanol–water partition coefficient (Wildman–Crippen LogP) is 5.04. The maximum Gasteiger partial charge on any atom is 0.146 e. The highest BCUT2D eigenvalue weighted by atomic mass is 79.9. The average molecular weight is 409 g/mol. The van der Waals surface area contributed by atoms with Gasteiger partial charge in [0.1, 0.15) is 11.5 Å². The molecule has 0 heterocycles. The lowest BCUT2D eigenvalue weighted by Gasteiger charge is -2.14. The summed E-state index contributed by atoms with van der Waals surface area (Å²) in [6.07, 6.45) is 0. The molecule has 0 aliphatic rings. The van der Waals surface area contributed by atoms with Crippen molar-refractivity contribution in [2.75, 3.05) is 23.9 Å². The van der Waals surface area contributed by atoms with Gasteiger partial charge in [0.2, 0.25) is 0 Å². The quantitative estimate of drug-likeness (QED) is 0.624. The number of benzene rings is 2. The van der Waals surface area contributed by atoms with Crippen LogP contribution < -0.4 is 9.47 Å². The lowest BCUT2D eigenvalue weighted by Crippen LogP contribution is -2.02. The first-order valence-electron chi connectivity index (χ1n) is 5.86. The van der Waals surface area contributed by atoms with Crippen molar-refractivity contribution in [1.82, 2.24) is 0 Å². The molecule has 19 heavy (non-hydrogen) atoms. The maximum atomic E-state index is 6.29. The first-order valence-corrected chi connectivity index (χ1v) is 8.48. The summed E-state index contributed by atoms with van der Waals surface area (Å²) in [7, 11) is 0. The third-order valence-electron chi connectivity index (χ3n) is 2.57. The molecule has 2 aromatic rings. The van der Waals surface area contributed by atoms with Crippen LogP contribution in [0.3, 0.4) is 0 Å². The fourth-order valence-corrected chi connectivity index (χ4v) is 2.42. The zero-order valence-electron chi connectivity index (χ0n) is 10.2. The number of rotatable bonds is 6. The summed E-state index contributed by atoms with van der Waals surface area (Å²) in [5.74, 6) is 1.49. The lowest BCUT2D eigenvalue weighted by molar-refractivity contribution is 0.341.